The van der Waals surface area contributed by atoms with E-state index < -0.39 is 6.04 Å². The number of amides is 1. The van der Waals surface area contributed by atoms with Crippen LogP contribution in [0.4, 0.5) is 5.13 Å². The topological polar surface area (TPSA) is 72.6 Å². The molecular formula is C27H18N2O4S. The summed E-state index contributed by atoms with van der Waals surface area (Å²) in [6, 6.07) is 23.7. The molecule has 0 unspecified atom stereocenters. The molecule has 0 radical (unpaired) electrons. The molecule has 1 aliphatic heterocycles. The van der Waals surface area contributed by atoms with Gasteiger partial charge >= 0.3 is 0 Å². The Hall–Kier alpha value is -4.23. The number of para-hydroxylation sites is 1. The second-order valence-electron chi connectivity index (χ2n) is 7.91. The minimum Gasteiger partial charge on any atom is -0.489 e. The maximum absolute atomic E-state index is 13.5. The molecule has 6 rings (SSSR count). The minimum atomic E-state index is -0.641. The molecule has 34 heavy (non-hydrogen) atoms. The number of aromatic nitrogens is 1. The highest BCUT2D eigenvalue weighted by atomic mass is 32.1. The van der Waals surface area contributed by atoms with Crippen LogP contribution < -0.4 is 15.1 Å². The number of carbonyl (C=O) groups excluding carboxylic acids is 1. The van der Waals surface area contributed by atoms with Crippen LogP contribution in [0.15, 0.2) is 99.7 Å². The van der Waals surface area contributed by atoms with E-state index in [0.717, 1.165) is 11.1 Å². The number of carbonyl (C=O) groups is 1. The zero-order valence-corrected chi connectivity index (χ0v) is 18.7. The average Bonchev–Trinajstić information content (AvgIpc) is 3.51. The molecule has 3 heterocycles. The van der Waals surface area contributed by atoms with Crippen molar-refractivity contribution >= 4 is 33.3 Å². The van der Waals surface area contributed by atoms with Crippen LogP contribution >= 0.6 is 11.3 Å². The molecule has 0 spiro atoms. The van der Waals surface area contributed by atoms with E-state index >= 15 is 0 Å². The highest BCUT2D eigenvalue weighted by Crippen LogP contribution is 2.42. The maximum Gasteiger partial charge on any atom is 0.297 e. The van der Waals surface area contributed by atoms with Crippen molar-refractivity contribution in [1.82, 2.24) is 4.98 Å². The monoisotopic (exact) mass is 466 g/mol. The SMILES string of the molecule is O=C1c2oc3ccccc3c(=O)c2[C@H](c2ccc(OCc3ccccc3)cc2)N1c1nccs1. The molecule has 0 fully saturated rings. The highest BCUT2D eigenvalue weighted by molar-refractivity contribution is 7.13. The lowest BCUT2D eigenvalue weighted by Crippen LogP contribution is -2.29. The van der Waals surface area contributed by atoms with Gasteiger partial charge in [-0.15, -0.1) is 11.3 Å². The third kappa shape index (κ3) is 3.38. The van der Waals surface area contributed by atoms with Crippen molar-refractivity contribution in [2.24, 2.45) is 0 Å². The van der Waals surface area contributed by atoms with Crippen LogP contribution in [0.25, 0.3) is 11.0 Å². The first-order chi connectivity index (χ1) is 16.7. The Morgan fingerprint density at radius 3 is 2.47 bits per heavy atom. The van der Waals surface area contributed by atoms with Gasteiger partial charge in [-0.25, -0.2) is 4.98 Å². The first-order valence-corrected chi connectivity index (χ1v) is 11.6. The van der Waals surface area contributed by atoms with Crippen molar-refractivity contribution in [3.8, 4) is 5.75 Å². The zero-order chi connectivity index (χ0) is 23.1. The van der Waals surface area contributed by atoms with Crippen LogP contribution in [0.1, 0.15) is 33.3 Å². The van der Waals surface area contributed by atoms with Gasteiger partial charge in [0.1, 0.15) is 17.9 Å². The van der Waals surface area contributed by atoms with Gasteiger partial charge in [-0.1, -0.05) is 54.6 Å². The Bertz CT molecular complexity index is 1540. The predicted octanol–water partition coefficient (Wildman–Crippen LogP) is 5.58. The smallest absolute Gasteiger partial charge is 0.297 e. The highest BCUT2D eigenvalue weighted by Gasteiger charge is 2.44. The van der Waals surface area contributed by atoms with E-state index in [0.29, 0.717) is 34.0 Å². The summed E-state index contributed by atoms with van der Waals surface area (Å²) in [7, 11) is 0. The van der Waals surface area contributed by atoms with Crippen molar-refractivity contribution in [3.05, 3.63) is 123 Å². The van der Waals surface area contributed by atoms with Crippen molar-refractivity contribution in [1.29, 1.82) is 0 Å². The molecular weight excluding hydrogens is 448 g/mol. The van der Waals surface area contributed by atoms with Gasteiger partial charge in [0, 0.05) is 11.6 Å². The summed E-state index contributed by atoms with van der Waals surface area (Å²) in [4.78, 5) is 32.8. The molecule has 0 N–H and O–H groups in total. The summed E-state index contributed by atoms with van der Waals surface area (Å²) in [6.45, 7) is 0.450. The van der Waals surface area contributed by atoms with Gasteiger partial charge in [0.15, 0.2) is 10.6 Å². The molecule has 1 amide bonds. The summed E-state index contributed by atoms with van der Waals surface area (Å²) in [5, 5.41) is 2.76. The Morgan fingerprint density at radius 2 is 1.71 bits per heavy atom. The number of hydrogen-bond acceptors (Lipinski definition) is 6. The summed E-state index contributed by atoms with van der Waals surface area (Å²) >= 11 is 1.34. The summed E-state index contributed by atoms with van der Waals surface area (Å²) in [5.41, 5.74) is 2.36. The first-order valence-electron chi connectivity index (χ1n) is 10.8. The van der Waals surface area contributed by atoms with Gasteiger partial charge < -0.3 is 9.15 Å². The van der Waals surface area contributed by atoms with E-state index in [4.69, 9.17) is 9.15 Å². The van der Waals surface area contributed by atoms with Crippen LogP contribution in [-0.2, 0) is 6.61 Å². The van der Waals surface area contributed by atoms with E-state index in [1.165, 1.54) is 11.3 Å². The molecule has 2 aromatic heterocycles. The molecule has 5 aromatic rings. The molecule has 0 bridgehead atoms. The van der Waals surface area contributed by atoms with Gasteiger partial charge in [0.2, 0.25) is 5.76 Å². The predicted molar refractivity (Wildman–Crippen MR) is 130 cm³/mol. The van der Waals surface area contributed by atoms with Crippen molar-refractivity contribution in [2.45, 2.75) is 12.6 Å². The first kappa shape index (κ1) is 20.4. The molecule has 0 aliphatic carbocycles. The van der Waals surface area contributed by atoms with E-state index in [1.807, 2.05) is 54.6 Å². The quantitative estimate of drug-likeness (QED) is 0.338. The standard InChI is InChI=1S/C27H18N2O4S/c30-24-20-8-4-5-9-21(20)33-25-22(24)23(29(26(25)31)27-28-14-15-34-27)18-10-12-19(13-11-18)32-16-17-6-2-1-3-7-17/h1-15,23H,16H2/t23-/m0/s1. The third-order valence-electron chi connectivity index (χ3n) is 5.85. The second-order valence-corrected chi connectivity index (χ2v) is 8.78. The van der Waals surface area contributed by atoms with Crippen LogP contribution in [0.2, 0.25) is 0 Å². The lowest BCUT2D eigenvalue weighted by Gasteiger charge is -2.22. The van der Waals surface area contributed by atoms with Crippen molar-refractivity contribution < 1.29 is 13.9 Å². The molecule has 0 saturated heterocycles. The van der Waals surface area contributed by atoms with Crippen LogP contribution in [0.5, 0.6) is 5.75 Å². The van der Waals surface area contributed by atoms with Crippen LogP contribution in [-0.4, -0.2) is 10.9 Å². The van der Waals surface area contributed by atoms with Crippen LogP contribution in [0, 0.1) is 0 Å². The van der Waals surface area contributed by atoms with E-state index in [-0.39, 0.29) is 17.1 Å². The third-order valence-corrected chi connectivity index (χ3v) is 6.62. The zero-order valence-electron chi connectivity index (χ0n) is 17.9. The van der Waals surface area contributed by atoms with Crippen LogP contribution in [0.3, 0.4) is 0 Å². The minimum absolute atomic E-state index is 0.0632. The molecule has 1 atom stereocenters. The number of benzene rings is 3. The fourth-order valence-corrected chi connectivity index (χ4v) is 4.92. The van der Waals surface area contributed by atoms with Gasteiger partial charge in [-0.3, -0.25) is 14.5 Å². The van der Waals surface area contributed by atoms with E-state index in [2.05, 4.69) is 4.98 Å². The molecule has 3 aromatic carbocycles. The van der Waals surface area contributed by atoms with Crippen molar-refractivity contribution in [3.63, 3.8) is 0 Å². The number of rotatable bonds is 5. The number of thiazole rings is 1. The van der Waals surface area contributed by atoms with Gasteiger partial charge in [0.25, 0.3) is 5.91 Å². The number of anilines is 1. The lowest BCUT2D eigenvalue weighted by atomic mass is 9.98. The average molecular weight is 467 g/mol. The molecule has 1 aliphatic rings. The fourth-order valence-electron chi connectivity index (χ4n) is 4.25. The Labute approximate surface area is 198 Å². The number of fused-ring (bicyclic) bond motifs is 2. The largest absolute Gasteiger partial charge is 0.489 e. The lowest BCUT2D eigenvalue weighted by molar-refractivity contribution is 0.0971. The summed E-state index contributed by atoms with van der Waals surface area (Å²) < 4.78 is 11.9. The fraction of sp³-hybridized carbons (Fsp3) is 0.0741. The molecule has 0 saturated carbocycles. The second kappa shape index (κ2) is 8.28. The maximum atomic E-state index is 13.5. The van der Waals surface area contributed by atoms with Gasteiger partial charge in [0.05, 0.1) is 17.0 Å². The summed E-state index contributed by atoms with van der Waals surface area (Å²) in [5.74, 6) is 0.388. The number of nitrogens with zero attached hydrogens (tertiary/aromatic N) is 2. The Balaban J connectivity index is 1.42. The Morgan fingerprint density at radius 1 is 0.941 bits per heavy atom. The molecule has 166 valence electrons. The van der Waals surface area contributed by atoms with E-state index in [9.17, 15) is 9.59 Å². The van der Waals surface area contributed by atoms with E-state index in [1.54, 1.807) is 40.7 Å². The van der Waals surface area contributed by atoms with Crippen molar-refractivity contribution in [2.75, 3.05) is 4.90 Å². The number of hydrogen-bond donors (Lipinski definition) is 0. The number of ether oxygens (including phenoxy) is 1. The molecule has 6 nitrogen and oxygen atoms in total. The Kier molecular flexibility index (Phi) is 4.96. The van der Waals surface area contributed by atoms with Gasteiger partial charge in [-0.05, 0) is 35.4 Å². The van der Waals surface area contributed by atoms with Gasteiger partial charge in [-0.2, -0.15) is 0 Å². The summed E-state index contributed by atoms with van der Waals surface area (Å²) in [6.07, 6.45) is 1.64. The molecule has 7 heteroatoms. The normalized spacial score (nSPS) is 15.0.